The monoisotopic (exact) mass is 547 g/mol. The van der Waals surface area contributed by atoms with Crippen LogP contribution in [0.5, 0.6) is 0 Å². The fourth-order valence-corrected chi connectivity index (χ4v) is 6.00. The second-order valence-corrected chi connectivity index (χ2v) is 10.9. The Morgan fingerprint density at radius 1 is 1.11 bits per heavy atom. The Kier molecular flexibility index (Phi) is 6.32. The molecule has 0 amide bonds. The van der Waals surface area contributed by atoms with Crippen molar-refractivity contribution in [2.45, 2.75) is 23.8 Å². The molecule has 13 heteroatoms. The molecule has 3 N–H and O–H groups in total. The average molecular weight is 548 g/mol. The Morgan fingerprint density at radius 3 is 2.41 bits per heavy atom. The summed E-state index contributed by atoms with van der Waals surface area (Å²) in [5.41, 5.74) is 5.93. The second kappa shape index (κ2) is 9.34. The quantitative estimate of drug-likeness (QED) is 0.367. The number of halogens is 2. The van der Waals surface area contributed by atoms with Gasteiger partial charge in [0.2, 0.25) is 5.96 Å². The molecular weight excluding hydrogens is 525 g/mol. The maximum atomic E-state index is 15.1. The number of anilines is 1. The van der Waals surface area contributed by atoms with Gasteiger partial charge in [-0.3, -0.25) is 4.79 Å². The highest BCUT2D eigenvalue weighted by molar-refractivity contribution is 7.90. The van der Waals surface area contributed by atoms with Crippen molar-refractivity contribution in [3.63, 3.8) is 0 Å². The van der Waals surface area contributed by atoms with Crippen LogP contribution in [-0.2, 0) is 10.0 Å². The first-order valence-corrected chi connectivity index (χ1v) is 13.4. The van der Waals surface area contributed by atoms with E-state index in [0.717, 1.165) is 25.0 Å². The number of aromatic carboxylic acids is 1. The van der Waals surface area contributed by atoms with Crippen LogP contribution in [0.4, 0.5) is 10.1 Å². The van der Waals surface area contributed by atoms with Gasteiger partial charge in [0, 0.05) is 43.7 Å². The molecule has 37 heavy (non-hydrogen) atoms. The summed E-state index contributed by atoms with van der Waals surface area (Å²) in [6.45, 7) is 1.10. The highest BCUT2D eigenvalue weighted by Gasteiger charge is 2.30. The number of carbonyl (C=O) groups is 1. The lowest BCUT2D eigenvalue weighted by molar-refractivity contribution is 0.0684. The van der Waals surface area contributed by atoms with Crippen LogP contribution in [0.2, 0.25) is 5.02 Å². The molecule has 3 aromatic rings. The zero-order chi connectivity index (χ0) is 26.5. The summed E-state index contributed by atoms with van der Waals surface area (Å²) in [7, 11) is -4.12. The molecule has 1 aliphatic heterocycles. The van der Waals surface area contributed by atoms with E-state index in [9.17, 15) is 23.1 Å². The number of nitrogens with two attached hydrogens (primary N) is 1. The molecule has 0 atom stereocenters. The van der Waals surface area contributed by atoms with Crippen molar-refractivity contribution < 1.29 is 22.7 Å². The summed E-state index contributed by atoms with van der Waals surface area (Å²) in [5.74, 6) is -2.02. The van der Waals surface area contributed by atoms with E-state index in [1.807, 2.05) is 0 Å². The van der Waals surface area contributed by atoms with Crippen molar-refractivity contribution in [2.75, 3.05) is 31.1 Å². The zero-order valence-electron chi connectivity index (χ0n) is 19.5. The first-order chi connectivity index (χ1) is 17.6. The van der Waals surface area contributed by atoms with Gasteiger partial charge in [0.15, 0.2) is 5.43 Å². The molecule has 2 fully saturated rings. The van der Waals surface area contributed by atoms with Gasteiger partial charge in [-0.15, -0.1) is 4.40 Å². The van der Waals surface area contributed by atoms with E-state index in [-0.39, 0.29) is 64.9 Å². The Bertz CT molecular complexity index is 1610. The number of hydrogen-bond acceptors (Lipinski definition) is 5. The number of piperazine rings is 1. The number of benzene rings is 2. The minimum absolute atomic E-state index is 0.0337. The van der Waals surface area contributed by atoms with Crippen molar-refractivity contribution in [3.05, 3.63) is 69.2 Å². The summed E-state index contributed by atoms with van der Waals surface area (Å²) in [4.78, 5) is 27.5. The number of carboxylic acid groups (broad SMARTS) is 1. The molecule has 10 nitrogen and oxygen atoms in total. The molecule has 5 rings (SSSR count). The van der Waals surface area contributed by atoms with Gasteiger partial charge in [-0.25, -0.2) is 9.18 Å². The minimum Gasteiger partial charge on any atom is -0.477 e. The van der Waals surface area contributed by atoms with Crippen LogP contribution in [0, 0.1) is 5.82 Å². The summed E-state index contributed by atoms with van der Waals surface area (Å²) in [6, 6.07) is 9.57. The molecule has 2 aliphatic rings. The molecule has 0 unspecified atom stereocenters. The van der Waals surface area contributed by atoms with Crippen LogP contribution < -0.4 is 16.1 Å². The first kappa shape index (κ1) is 25.0. The standard InChI is InChI=1S/C24H23ClFN5O5S/c25-16-3-1-2-4-22(16)37(35,36)28-24(27)30-9-7-29(8-10-30)19-12-18-15(11-17(19)26)21(32)13-20(23(33)34)31(18)14-5-6-14/h1-4,11-14H,5-10H2,(H2,27,28)(H,33,34). The van der Waals surface area contributed by atoms with Gasteiger partial charge in [-0.1, -0.05) is 23.7 Å². The predicted molar refractivity (Wildman–Crippen MR) is 137 cm³/mol. The highest BCUT2D eigenvalue weighted by atomic mass is 35.5. The van der Waals surface area contributed by atoms with Crippen molar-refractivity contribution in [1.29, 1.82) is 0 Å². The van der Waals surface area contributed by atoms with E-state index in [2.05, 4.69) is 4.40 Å². The summed E-state index contributed by atoms with van der Waals surface area (Å²) in [6.07, 6.45) is 1.55. The SMILES string of the molecule is N/C(=N\S(=O)(=O)c1ccccc1Cl)N1CCN(c2cc3c(cc2F)c(=O)cc(C(=O)O)n3C2CC2)CC1. The Labute approximate surface area is 216 Å². The number of nitrogens with zero attached hydrogens (tertiary/aromatic N) is 4. The van der Waals surface area contributed by atoms with Gasteiger partial charge in [-0.2, -0.15) is 8.42 Å². The molecule has 1 aliphatic carbocycles. The number of guanidine groups is 1. The molecule has 194 valence electrons. The molecular formula is C24H23ClFN5O5S. The number of fused-ring (bicyclic) bond motifs is 1. The molecule has 2 aromatic carbocycles. The van der Waals surface area contributed by atoms with E-state index in [4.69, 9.17) is 17.3 Å². The third-order valence-electron chi connectivity index (χ3n) is 6.52. The van der Waals surface area contributed by atoms with Gasteiger partial charge in [0.25, 0.3) is 10.0 Å². The van der Waals surface area contributed by atoms with E-state index in [1.54, 1.807) is 20.4 Å². The number of rotatable bonds is 5. The number of hydrogen-bond donors (Lipinski definition) is 2. The van der Waals surface area contributed by atoms with Crippen LogP contribution in [0.3, 0.4) is 0 Å². The van der Waals surface area contributed by atoms with Crippen molar-refractivity contribution in [3.8, 4) is 0 Å². The molecule has 1 saturated heterocycles. The van der Waals surface area contributed by atoms with E-state index in [0.29, 0.717) is 5.52 Å². The Morgan fingerprint density at radius 2 is 1.78 bits per heavy atom. The lowest BCUT2D eigenvalue weighted by Gasteiger charge is -2.36. The second-order valence-electron chi connectivity index (χ2n) is 8.95. The normalized spacial score (nSPS) is 16.9. The van der Waals surface area contributed by atoms with Gasteiger partial charge in [0.05, 0.1) is 16.2 Å². The fraction of sp³-hybridized carbons (Fsp3) is 0.292. The minimum atomic E-state index is -4.12. The van der Waals surface area contributed by atoms with E-state index < -0.39 is 27.2 Å². The molecule has 1 saturated carbocycles. The summed E-state index contributed by atoms with van der Waals surface area (Å²) in [5, 5.41) is 9.78. The van der Waals surface area contributed by atoms with Gasteiger partial charge < -0.3 is 25.2 Å². The topological polar surface area (TPSA) is 138 Å². The van der Waals surface area contributed by atoms with Crippen molar-refractivity contribution in [1.82, 2.24) is 9.47 Å². The molecule has 0 bridgehead atoms. The van der Waals surface area contributed by atoms with Crippen LogP contribution >= 0.6 is 11.6 Å². The summed E-state index contributed by atoms with van der Waals surface area (Å²) >= 11 is 5.99. The third kappa shape index (κ3) is 4.74. The van der Waals surface area contributed by atoms with Crippen molar-refractivity contribution in [2.24, 2.45) is 10.1 Å². The Hall–Kier alpha value is -3.64. The number of carboxylic acids is 1. The lowest BCUT2D eigenvalue weighted by Crippen LogP contribution is -2.51. The van der Waals surface area contributed by atoms with Crippen LogP contribution in [-0.4, -0.2) is 61.1 Å². The maximum Gasteiger partial charge on any atom is 0.352 e. The van der Waals surface area contributed by atoms with Crippen LogP contribution in [0.1, 0.15) is 29.4 Å². The van der Waals surface area contributed by atoms with Gasteiger partial charge in [-0.05, 0) is 37.1 Å². The van der Waals surface area contributed by atoms with Gasteiger partial charge in [0.1, 0.15) is 16.4 Å². The maximum absolute atomic E-state index is 15.1. The predicted octanol–water partition coefficient (Wildman–Crippen LogP) is 2.65. The van der Waals surface area contributed by atoms with Crippen LogP contribution in [0.25, 0.3) is 10.9 Å². The average Bonchev–Trinajstić information content (AvgIpc) is 3.69. The third-order valence-corrected chi connectivity index (χ3v) is 8.30. The number of sulfonamides is 1. The smallest absolute Gasteiger partial charge is 0.352 e. The number of pyridine rings is 1. The summed E-state index contributed by atoms with van der Waals surface area (Å²) < 4.78 is 45.7. The van der Waals surface area contributed by atoms with E-state index in [1.165, 1.54) is 24.3 Å². The van der Waals surface area contributed by atoms with Crippen molar-refractivity contribution >= 4 is 50.1 Å². The zero-order valence-corrected chi connectivity index (χ0v) is 21.0. The number of aromatic nitrogens is 1. The molecule has 0 radical (unpaired) electrons. The lowest BCUT2D eigenvalue weighted by atomic mass is 10.1. The van der Waals surface area contributed by atoms with Gasteiger partial charge >= 0.3 is 5.97 Å². The largest absolute Gasteiger partial charge is 0.477 e. The van der Waals surface area contributed by atoms with E-state index >= 15 is 4.39 Å². The molecule has 1 aromatic heterocycles. The van der Waals surface area contributed by atoms with Crippen LogP contribution in [0.15, 0.2) is 56.6 Å². The first-order valence-electron chi connectivity index (χ1n) is 11.5. The highest BCUT2D eigenvalue weighted by Crippen LogP contribution is 2.39. The molecule has 2 heterocycles. The molecule has 0 spiro atoms. The Balaban J connectivity index is 1.42. The fourth-order valence-electron chi connectivity index (χ4n) is 4.54.